The van der Waals surface area contributed by atoms with Crippen molar-refractivity contribution in [2.24, 2.45) is 5.92 Å². The first-order valence-corrected chi connectivity index (χ1v) is 12.5. The monoisotopic (exact) mass is 473 g/mol. The van der Waals surface area contributed by atoms with Gasteiger partial charge in [0.15, 0.2) is 15.7 Å². The van der Waals surface area contributed by atoms with Gasteiger partial charge < -0.3 is 10.1 Å². The van der Waals surface area contributed by atoms with Crippen molar-refractivity contribution in [2.45, 2.75) is 48.3 Å². The number of fused-ring (bicyclic) bond motifs is 1. The minimum absolute atomic E-state index is 0.200. The predicted octanol–water partition coefficient (Wildman–Crippen LogP) is 2.90. The Hall–Kier alpha value is -2.92. The second kappa shape index (κ2) is 8.79. The summed E-state index contributed by atoms with van der Waals surface area (Å²) in [6.07, 6.45) is 8.93. The quantitative estimate of drug-likeness (QED) is 0.561. The van der Waals surface area contributed by atoms with Crippen LogP contribution in [0.5, 0.6) is 0 Å². The third-order valence-electron chi connectivity index (χ3n) is 6.24. The lowest BCUT2D eigenvalue weighted by atomic mass is 9.92. The van der Waals surface area contributed by atoms with Crippen LogP contribution in [0.4, 0.5) is 10.2 Å². The zero-order chi connectivity index (χ0) is 23.0. The van der Waals surface area contributed by atoms with Crippen LogP contribution in [-0.2, 0) is 19.4 Å². The molecule has 3 heterocycles. The number of ether oxygens (including phenoxy) is 1. The van der Waals surface area contributed by atoms with E-state index in [1.807, 2.05) is 0 Å². The number of benzene rings is 1. The normalized spacial score (nSPS) is 18.3. The molecule has 0 radical (unpaired) electrons. The van der Waals surface area contributed by atoms with Gasteiger partial charge in [0.1, 0.15) is 16.8 Å². The van der Waals surface area contributed by atoms with E-state index in [0.29, 0.717) is 43.8 Å². The van der Waals surface area contributed by atoms with E-state index >= 15 is 0 Å². The lowest BCUT2D eigenvalue weighted by Gasteiger charge is -2.26. The van der Waals surface area contributed by atoms with Crippen molar-refractivity contribution in [3.05, 3.63) is 42.7 Å². The summed E-state index contributed by atoms with van der Waals surface area (Å²) < 4.78 is 47.5. The van der Waals surface area contributed by atoms with Gasteiger partial charge in [-0.05, 0) is 50.2 Å². The van der Waals surface area contributed by atoms with Crippen molar-refractivity contribution < 1.29 is 22.3 Å². The van der Waals surface area contributed by atoms with Crippen LogP contribution in [0.1, 0.15) is 38.1 Å². The number of amides is 1. The Morgan fingerprint density at radius 3 is 2.67 bits per heavy atom. The zero-order valence-corrected chi connectivity index (χ0v) is 18.7. The third-order valence-corrected chi connectivity index (χ3v) is 8.57. The molecule has 1 N–H and O–H groups in total. The van der Waals surface area contributed by atoms with E-state index in [9.17, 15) is 17.6 Å². The van der Waals surface area contributed by atoms with E-state index in [0.717, 1.165) is 18.9 Å². The molecule has 0 bridgehead atoms. The number of nitrogens with one attached hydrogen (secondary N) is 1. The molecule has 1 unspecified atom stereocenters. The summed E-state index contributed by atoms with van der Waals surface area (Å²) in [6, 6.07) is 1.88. The summed E-state index contributed by atoms with van der Waals surface area (Å²) in [5.74, 6) is -0.605. The highest BCUT2D eigenvalue weighted by atomic mass is 32.2. The molecule has 0 spiro atoms. The predicted molar refractivity (Wildman–Crippen MR) is 118 cm³/mol. The fourth-order valence-electron chi connectivity index (χ4n) is 4.34. The Morgan fingerprint density at radius 2 is 1.97 bits per heavy atom. The molecule has 1 saturated heterocycles. The second-order valence-electron chi connectivity index (χ2n) is 8.53. The van der Waals surface area contributed by atoms with E-state index in [4.69, 9.17) is 4.74 Å². The van der Waals surface area contributed by atoms with Crippen molar-refractivity contribution in [2.75, 3.05) is 18.5 Å². The maximum atomic E-state index is 14.7. The molecule has 3 aromatic rings. The molecule has 2 aliphatic rings. The first-order valence-electron chi connectivity index (χ1n) is 11.0. The maximum absolute atomic E-state index is 14.7. The smallest absolute Gasteiger partial charge is 0.250 e. The number of hydrogen-bond donors (Lipinski definition) is 1. The third kappa shape index (κ3) is 4.34. The number of rotatable bonds is 7. The Kier molecular flexibility index (Phi) is 5.83. The topological polar surface area (TPSA) is 116 Å². The van der Waals surface area contributed by atoms with Gasteiger partial charge in [0, 0.05) is 31.0 Å². The molecule has 2 fully saturated rings. The Balaban J connectivity index is 1.55. The Morgan fingerprint density at radius 1 is 1.18 bits per heavy atom. The van der Waals surface area contributed by atoms with Crippen LogP contribution in [0.25, 0.3) is 10.9 Å². The Bertz CT molecular complexity index is 1270. The summed E-state index contributed by atoms with van der Waals surface area (Å²) in [5, 5.41) is 6.79. The molecule has 1 aliphatic carbocycles. The average Bonchev–Trinajstić information content (AvgIpc) is 3.60. The number of hydrogen-bond acceptors (Lipinski definition) is 7. The lowest BCUT2D eigenvalue weighted by Crippen LogP contribution is -2.30. The molecule has 174 valence electrons. The van der Waals surface area contributed by atoms with Gasteiger partial charge in [0.05, 0.1) is 23.2 Å². The molecule has 1 saturated carbocycles. The molecule has 1 atom stereocenters. The molecule has 1 amide bonds. The van der Waals surface area contributed by atoms with Crippen molar-refractivity contribution in [1.29, 1.82) is 0 Å². The van der Waals surface area contributed by atoms with E-state index < -0.39 is 26.9 Å². The number of nitrogens with zero attached hydrogens (tertiary/aromatic N) is 4. The first-order chi connectivity index (χ1) is 15.9. The average molecular weight is 474 g/mol. The number of halogens is 1. The summed E-state index contributed by atoms with van der Waals surface area (Å²) in [7, 11) is -3.80. The molecule has 1 aliphatic heterocycles. The maximum Gasteiger partial charge on any atom is 0.250 e. The van der Waals surface area contributed by atoms with Crippen LogP contribution < -0.4 is 5.32 Å². The van der Waals surface area contributed by atoms with Crippen molar-refractivity contribution >= 4 is 32.5 Å². The van der Waals surface area contributed by atoms with Gasteiger partial charge in [0.2, 0.25) is 5.91 Å². The number of carbonyl (C=O) groups is 1. The highest BCUT2D eigenvalue weighted by molar-refractivity contribution is 7.92. The standard InChI is InChI=1S/C22H24FN5O4S/c23-17-3-4-18-16(21(17)33(30,31)15-1-2-15)12-26-28(18)19(11-14-5-9-32-10-6-14)22(29)27-20-13-24-7-8-25-20/h3-4,7-8,12-15,19H,1-2,5-6,9-11H2,(H,25,27,29). The lowest BCUT2D eigenvalue weighted by molar-refractivity contribution is -0.120. The fraction of sp³-hybridized carbons (Fsp3) is 0.455. The molecule has 33 heavy (non-hydrogen) atoms. The minimum atomic E-state index is -3.80. The van der Waals surface area contributed by atoms with Gasteiger partial charge >= 0.3 is 0 Å². The molecule has 2 aromatic heterocycles. The van der Waals surface area contributed by atoms with Crippen molar-refractivity contribution in [3.8, 4) is 0 Å². The summed E-state index contributed by atoms with van der Waals surface area (Å²) in [6.45, 7) is 1.25. The molecule has 9 nitrogen and oxygen atoms in total. The van der Waals surface area contributed by atoms with Crippen LogP contribution >= 0.6 is 0 Å². The van der Waals surface area contributed by atoms with Gasteiger partial charge in [-0.25, -0.2) is 17.8 Å². The van der Waals surface area contributed by atoms with Gasteiger partial charge in [-0.1, -0.05) is 0 Å². The number of sulfone groups is 1. The van der Waals surface area contributed by atoms with Gasteiger partial charge in [-0.15, -0.1) is 0 Å². The highest BCUT2D eigenvalue weighted by Gasteiger charge is 2.40. The molecule has 5 rings (SSSR count). The number of anilines is 1. The van der Waals surface area contributed by atoms with Crippen molar-refractivity contribution in [1.82, 2.24) is 19.7 Å². The Labute approximate surface area is 190 Å². The number of aromatic nitrogens is 4. The number of carbonyl (C=O) groups excluding carboxylic acids is 1. The fourth-order valence-corrected chi connectivity index (χ4v) is 6.23. The molecular formula is C22H24FN5O4S. The zero-order valence-electron chi connectivity index (χ0n) is 17.9. The summed E-state index contributed by atoms with van der Waals surface area (Å²) in [5.41, 5.74) is 0.405. The molecule has 1 aromatic carbocycles. The minimum Gasteiger partial charge on any atom is -0.381 e. The van der Waals surface area contributed by atoms with Crippen LogP contribution in [-0.4, -0.2) is 52.5 Å². The molecule has 11 heteroatoms. The second-order valence-corrected chi connectivity index (χ2v) is 10.7. The van der Waals surface area contributed by atoms with Gasteiger partial charge in [0.25, 0.3) is 0 Å². The van der Waals surface area contributed by atoms with Gasteiger partial charge in [-0.2, -0.15) is 5.10 Å². The highest BCUT2D eigenvalue weighted by Crippen LogP contribution is 2.38. The summed E-state index contributed by atoms with van der Waals surface area (Å²) >= 11 is 0. The van der Waals surface area contributed by atoms with Crippen molar-refractivity contribution in [3.63, 3.8) is 0 Å². The SMILES string of the molecule is O=C(Nc1cnccn1)C(CC1CCOCC1)n1ncc2c(S(=O)(=O)C3CC3)c(F)ccc21. The summed E-state index contributed by atoms with van der Waals surface area (Å²) in [4.78, 5) is 21.1. The van der Waals surface area contributed by atoms with Crippen LogP contribution in [0.3, 0.4) is 0 Å². The van der Waals surface area contributed by atoms with E-state index in [-0.39, 0.29) is 22.1 Å². The largest absolute Gasteiger partial charge is 0.381 e. The van der Waals surface area contributed by atoms with Crippen LogP contribution in [0.2, 0.25) is 0 Å². The van der Waals surface area contributed by atoms with Gasteiger partial charge in [-0.3, -0.25) is 14.5 Å². The first kappa shape index (κ1) is 21.9. The van der Waals surface area contributed by atoms with E-state index in [1.54, 1.807) is 0 Å². The van der Waals surface area contributed by atoms with Crippen LogP contribution in [0.15, 0.2) is 41.8 Å². The van der Waals surface area contributed by atoms with E-state index in [2.05, 4.69) is 20.4 Å². The van der Waals surface area contributed by atoms with E-state index in [1.165, 1.54) is 35.5 Å². The van der Waals surface area contributed by atoms with Crippen LogP contribution in [0, 0.1) is 11.7 Å². The molecular weight excluding hydrogens is 449 g/mol.